The molecule has 10 heteroatoms. The number of aliphatic hydroxyl groups excluding tert-OH is 1. The van der Waals surface area contributed by atoms with Crippen LogP contribution in [0, 0.1) is 33.8 Å². The molecular weight excluding hydrogens is 554 g/mol. The van der Waals surface area contributed by atoms with Gasteiger partial charge < -0.3 is 28.9 Å². The largest absolute Gasteiger partial charge is 0.489 e. The zero-order valence-corrected chi connectivity index (χ0v) is 26.3. The lowest BCUT2D eigenvalue weighted by atomic mass is 9.86. The Morgan fingerprint density at radius 1 is 1.23 bits per heavy atom. The number of unbranched alkanes of at least 4 members (excludes halogenated alkanes) is 1. The van der Waals surface area contributed by atoms with Gasteiger partial charge in [-0.3, -0.25) is 4.79 Å². The molecule has 1 fully saturated rings. The van der Waals surface area contributed by atoms with Crippen molar-refractivity contribution in [2.75, 3.05) is 26.9 Å². The van der Waals surface area contributed by atoms with Gasteiger partial charge in [0, 0.05) is 38.0 Å². The number of para-hydroxylation sites is 1. The summed E-state index contributed by atoms with van der Waals surface area (Å²) < 4.78 is 16.7. The van der Waals surface area contributed by atoms with Crippen LogP contribution in [0.15, 0.2) is 30.4 Å². The Kier molecular flexibility index (Phi) is 19.4. The molecule has 5 unspecified atom stereocenters. The summed E-state index contributed by atoms with van der Waals surface area (Å²) in [6.45, 7) is 8.55. The Labute approximate surface area is 256 Å². The monoisotopic (exact) mass is 603 g/mol. The number of methoxy groups -OCH3 is 1. The van der Waals surface area contributed by atoms with Gasteiger partial charge in [-0.25, -0.2) is 0 Å². The molecule has 2 aliphatic rings. The number of esters is 1. The van der Waals surface area contributed by atoms with Crippen molar-refractivity contribution in [2.24, 2.45) is 11.8 Å². The zero-order valence-electron chi connectivity index (χ0n) is 26.3. The molecule has 3 rings (SSSR count). The second-order valence-electron chi connectivity index (χ2n) is 10.2. The summed E-state index contributed by atoms with van der Waals surface area (Å²) >= 11 is 0. The molecule has 0 saturated heterocycles. The number of rotatable bonds is 16. The van der Waals surface area contributed by atoms with Crippen molar-refractivity contribution in [3.05, 3.63) is 51.6 Å². The van der Waals surface area contributed by atoms with E-state index >= 15 is 0 Å². The fourth-order valence-corrected chi connectivity index (χ4v) is 5.08. The number of benzene rings is 1. The molecule has 1 N–H and O–H groups in total. The van der Waals surface area contributed by atoms with Crippen LogP contribution in [0.5, 0.6) is 5.75 Å². The molecule has 1 heterocycles. The molecular formula is C33H49NO9. The highest BCUT2D eigenvalue weighted by atomic mass is 16.9. The van der Waals surface area contributed by atoms with E-state index in [9.17, 15) is 24.8 Å². The van der Waals surface area contributed by atoms with E-state index in [0.29, 0.717) is 44.2 Å². The first kappa shape index (κ1) is 37.6. The minimum Gasteiger partial charge on any atom is -0.489 e. The highest BCUT2D eigenvalue weighted by Gasteiger charge is 2.44. The Morgan fingerprint density at radius 3 is 2.63 bits per heavy atom. The van der Waals surface area contributed by atoms with E-state index in [1.807, 2.05) is 33.8 Å². The van der Waals surface area contributed by atoms with Crippen molar-refractivity contribution in [1.82, 2.24) is 0 Å². The summed E-state index contributed by atoms with van der Waals surface area (Å²) in [6, 6.07) is 6.40. The molecule has 1 aliphatic carbocycles. The molecule has 5 atom stereocenters. The number of hydrogen-bond donors (Lipinski definition) is 1. The molecule has 240 valence electrons. The van der Waals surface area contributed by atoms with Crippen LogP contribution in [0.2, 0.25) is 0 Å². The van der Waals surface area contributed by atoms with Crippen LogP contribution in [-0.2, 0) is 30.3 Å². The van der Waals surface area contributed by atoms with Gasteiger partial charge in [-0.15, -0.1) is 22.0 Å². The quantitative estimate of drug-likeness (QED) is 0.0486. The highest BCUT2D eigenvalue weighted by Crippen LogP contribution is 2.52. The van der Waals surface area contributed by atoms with Gasteiger partial charge in [-0.2, -0.15) is 0 Å². The fraction of sp³-hybridized carbons (Fsp3) is 0.636. The lowest BCUT2D eigenvalue weighted by Gasteiger charge is -2.17. The van der Waals surface area contributed by atoms with Gasteiger partial charge in [0.2, 0.25) is 0 Å². The van der Waals surface area contributed by atoms with E-state index in [1.165, 1.54) is 11.1 Å². The third kappa shape index (κ3) is 13.6. The Bertz CT molecular complexity index is 1060. The minimum absolute atomic E-state index is 0.122. The SMILES string of the molecule is CC.CC#CCC(C)C(O)/C=C/C1CCC2Oc3c(CCCC(=O)OCCCCOC)cccc3C12.O=CCO[N+](=O)[O-]. The van der Waals surface area contributed by atoms with E-state index < -0.39 is 17.8 Å². The molecule has 0 radical (unpaired) electrons. The van der Waals surface area contributed by atoms with E-state index in [1.54, 1.807) is 7.11 Å². The maximum atomic E-state index is 12.0. The second-order valence-corrected chi connectivity index (χ2v) is 10.2. The number of carbonyl (C=O) groups excluding carboxylic acids is 2. The molecule has 1 aromatic carbocycles. The number of aryl methyl sites for hydroxylation is 1. The van der Waals surface area contributed by atoms with Crippen molar-refractivity contribution < 1.29 is 38.8 Å². The first-order chi connectivity index (χ1) is 20.8. The molecule has 0 bridgehead atoms. The Balaban J connectivity index is 0.000000901. The fourth-order valence-electron chi connectivity index (χ4n) is 5.08. The molecule has 0 aromatic heterocycles. The third-order valence-corrected chi connectivity index (χ3v) is 7.22. The van der Waals surface area contributed by atoms with Crippen LogP contribution in [-0.4, -0.2) is 61.6 Å². The van der Waals surface area contributed by atoms with Crippen LogP contribution in [0.1, 0.15) is 89.7 Å². The smallest absolute Gasteiger partial charge is 0.305 e. The molecule has 10 nitrogen and oxygen atoms in total. The lowest BCUT2D eigenvalue weighted by Crippen LogP contribution is -2.17. The van der Waals surface area contributed by atoms with Crippen molar-refractivity contribution in [3.63, 3.8) is 0 Å². The summed E-state index contributed by atoms with van der Waals surface area (Å²) in [5, 5.41) is 18.7. The van der Waals surface area contributed by atoms with E-state index in [-0.39, 0.29) is 18.0 Å². The normalized spacial score (nSPS) is 19.1. The molecule has 43 heavy (non-hydrogen) atoms. The molecule has 0 amide bonds. The van der Waals surface area contributed by atoms with Crippen molar-refractivity contribution >= 4 is 12.3 Å². The predicted octanol–water partition coefficient (Wildman–Crippen LogP) is 5.62. The zero-order chi connectivity index (χ0) is 32.0. The highest BCUT2D eigenvalue weighted by molar-refractivity contribution is 5.69. The van der Waals surface area contributed by atoms with Crippen LogP contribution < -0.4 is 4.74 Å². The van der Waals surface area contributed by atoms with Gasteiger partial charge >= 0.3 is 5.97 Å². The topological polar surface area (TPSA) is 134 Å². The Morgan fingerprint density at radius 2 is 1.98 bits per heavy atom. The average molecular weight is 604 g/mol. The first-order valence-corrected chi connectivity index (χ1v) is 15.2. The Hall–Kier alpha value is -3.42. The van der Waals surface area contributed by atoms with Crippen LogP contribution in [0.3, 0.4) is 0 Å². The summed E-state index contributed by atoms with van der Waals surface area (Å²) in [5.74, 6) is 7.66. The second kappa shape index (κ2) is 22.2. The average Bonchev–Trinajstić information content (AvgIpc) is 3.59. The number of ether oxygens (including phenoxy) is 3. The molecule has 0 spiro atoms. The van der Waals surface area contributed by atoms with E-state index in [2.05, 4.69) is 41.0 Å². The molecule has 1 aliphatic heterocycles. The number of carbonyl (C=O) groups is 2. The van der Waals surface area contributed by atoms with Crippen molar-refractivity contribution in [1.29, 1.82) is 0 Å². The standard InChI is InChI=1S/C29H40O5.C2H3NO4.C2H6/c1-4-5-10-21(2)25(30)17-15-22-16-18-26-28(22)24-13-8-11-23(29(24)34-26)12-9-14-27(31)33-20-7-6-19-32-3;4-1-2-7-3(5)6;1-2/h8,11,13,15,17,21-22,25-26,28,30H,6-7,9-10,12,14,16,18-20H2,1-3H3;1H,2H2;1-2H3/b17-15+;;. The predicted molar refractivity (Wildman–Crippen MR) is 164 cm³/mol. The van der Waals surface area contributed by atoms with Gasteiger partial charge in [-0.1, -0.05) is 51.1 Å². The van der Waals surface area contributed by atoms with Gasteiger partial charge in [0.1, 0.15) is 18.1 Å². The van der Waals surface area contributed by atoms with E-state index in [4.69, 9.17) is 14.2 Å². The summed E-state index contributed by atoms with van der Waals surface area (Å²) in [4.78, 5) is 34.0. The minimum atomic E-state index is -1.02. The van der Waals surface area contributed by atoms with Crippen molar-refractivity contribution in [2.45, 2.75) is 97.2 Å². The summed E-state index contributed by atoms with van der Waals surface area (Å²) in [5.41, 5.74) is 2.45. The molecule has 1 saturated carbocycles. The molecule has 1 aromatic rings. The first-order valence-electron chi connectivity index (χ1n) is 15.2. The third-order valence-electron chi connectivity index (χ3n) is 7.22. The van der Waals surface area contributed by atoms with Gasteiger partial charge in [0.15, 0.2) is 6.61 Å². The van der Waals surface area contributed by atoms with Gasteiger partial charge in [0.25, 0.3) is 5.09 Å². The van der Waals surface area contributed by atoms with Gasteiger partial charge in [0.05, 0.1) is 12.7 Å². The summed E-state index contributed by atoms with van der Waals surface area (Å²) in [7, 11) is 1.68. The number of hydrogen-bond acceptors (Lipinski definition) is 9. The van der Waals surface area contributed by atoms with Crippen LogP contribution in [0.25, 0.3) is 0 Å². The maximum Gasteiger partial charge on any atom is 0.305 e. The number of nitrogens with zero attached hydrogens (tertiary/aromatic N) is 1. The van der Waals surface area contributed by atoms with E-state index in [0.717, 1.165) is 44.3 Å². The van der Waals surface area contributed by atoms with Gasteiger partial charge in [-0.05, 0) is 62.8 Å². The number of allylic oxidation sites excluding steroid dienone is 1. The van der Waals surface area contributed by atoms with Crippen molar-refractivity contribution in [3.8, 4) is 17.6 Å². The summed E-state index contributed by atoms with van der Waals surface area (Å²) in [6.07, 6.45) is 10.7. The lowest BCUT2D eigenvalue weighted by molar-refractivity contribution is -0.754. The number of aliphatic hydroxyl groups is 1. The number of aldehydes is 1. The number of fused-ring (bicyclic) bond motifs is 3. The van der Waals surface area contributed by atoms with Crippen LogP contribution in [0.4, 0.5) is 0 Å². The van der Waals surface area contributed by atoms with Crippen LogP contribution >= 0.6 is 0 Å². The maximum absolute atomic E-state index is 12.0.